The van der Waals surface area contributed by atoms with E-state index in [-0.39, 0.29) is 17.9 Å². The van der Waals surface area contributed by atoms with Crippen molar-refractivity contribution in [1.29, 1.82) is 0 Å². The van der Waals surface area contributed by atoms with Gasteiger partial charge in [-0.15, -0.1) is 0 Å². The van der Waals surface area contributed by atoms with Gasteiger partial charge in [-0.1, -0.05) is 30.7 Å². The number of nitrogens with zero attached hydrogens (tertiary/aromatic N) is 3. The fourth-order valence-corrected chi connectivity index (χ4v) is 1.98. The number of amides is 1. The smallest absolute Gasteiger partial charge is 0.234 e. The minimum atomic E-state index is -0.225. The maximum Gasteiger partial charge on any atom is 0.234 e. The van der Waals surface area contributed by atoms with Crippen molar-refractivity contribution >= 4 is 29.4 Å². The number of aromatic nitrogens is 3. The van der Waals surface area contributed by atoms with Gasteiger partial charge in [0.25, 0.3) is 0 Å². The summed E-state index contributed by atoms with van der Waals surface area (Å²) in [5, 5.41) is 6.44. The molecular formula is C14H16ClN5O. The van der Waals surface area contributed by atoms with E-state index >= 15 is 0 Å². The molecule has 110 valence electrons. The van der Waals surface area contributed by atoms with Crippen LogP contribution < -0.4 is 10.6 Å². The van der Waals surface area contributed by atoms with Gasteiger partial charge in [0.05, 0.1) is 6.04 Å². The molecule has 1 heterocycles. The van der Waals surface area contributed by atoms with Crippen LogP contribution in [0.1, 0.15) is 31.9 Å². The zero-order chi connectivity index (χ0) is 15.2. The number of hydrogen-bond acceptors (Lipinski definition) is 5. The van der Waals surface area contributed by atoms with Crippen LogP contribution in [0.4, 0.5) is 11.9 Å². The second-order valence-electron chi connectivity index (χ2n) is 4.47. The molecule has 1 aromatic carbocycles. The zero-order valence-electron chi connectivity index (χ0n) is 11.8. The Morgan fingerprint density at radius 1 is 1.24 bits per heavy atom. The highest BCUT2D eigenvalue weighted by Crippen LogP contribution is 2.22. The van der Waals surface area contributed by atoms with Crippen LogP contribution in [0.25, 0.3) is 0 Å². The molecule has 7 heteroatoms. The molecule has 0 aliphatic heterocycles. The third kappa shape index (κ3) is 4.39. The van der Waals surface area contributed by atoms with Crippen LogP contribution in [0.2, 0.25) is 5.02 Å². The molecule has 1 unspecified atom stereocenters. The molecule has 1 atom stereocenters. The first-order chi connectivity index (χ1) is 10.1. The quantitative estimate of drug-likeness (QED) is 0.887. The minimum absolute atomic E-state index is 0.0508. The van der Waals surface area contributed by atoms with Gasteiger partial charge in [0.1, 0.15) is 6.33 Å². The Bertz CT molecular complexity index is 617. The number of carbonyl (C=O) groups excluding carboxylic acids is 1. The van der Waals surface area contributed by atoms with Gasteiger partial charge in [0.15, 0.2) is 0 Å². The molecule has 6 nitrogen and oxygen atoms in total. The molecule has 2 rings (SSSR count). The Kier molecular flexibility index (Phi) is 5.05. The standard InChI is InChI=1S/C14H16ClN5O/c1-3-12(10-4-6-11(15)7-5-10)19-14-17-8-16-13(20-14)18-9(2)21/h4-8,12H,3H2,1-2H3,(H2,16,17,18,19,20,21). The van der Waals surface area contributed by atoms with Crippen LogP contribution in [0.3, 0.4) is 0 Å². The predicted octanol–water partition coefficient (Wildman–Crippen LogP) is 3.05. The van der Waals surface area contributed by atoms with E-state index in [9.17, 15) is 4.79 Å². The first kappa shape index (κ1) is 15.2. The van der Waals surface area contributed by atoms with Gasteiger partial charge in [0, 0.05) is 11.9 Å². The summed E-state index contributed by atoms with van der Waals surface area (Å²) in [4.78, 5) is 23.1. The van der Waals surface area contributed by atoms with Crippen LogP contribution in [0.5, 0.6) is 0 Å². The summed E-state index contributed by atoms with van der Waals surface area (Å²) < 4.78 is 0. The van der Waals surface area contributed by atoms with Gasteiger partial charge >= 0.3 is 0 Å². The van der Waals surface area contributed by atoms with Crippen molar-refractivity contribution in [3.63, 3.8) is 0 Å². The molecule has 21 heavy (non-hydrogen) atoms. The van der Waals surface area contributed by atoms with E-state index in [1.807, 2.05) is 24.3 Å². The van der Waals surface area contributed by atoms with Crippen LogP contribution in [-0.4, -0.2) is 20.9 Å². The van der Waals surface area contributed by atoms with Crippen molar-refractivity contribution in [2.24, 2.45) is 0 Å². The van der Waals surface area contributed by atoms with Gasteiger partial charge in [-0.05, 0) is 24.1 Å². The van der Waals surface area contributed by atoms with Crippen molar-refractivity contribution in [1.82, 2.24) is 15.0 Å². The molecule has 2 aromatic rings. The van der Waals surface area contributed by atoms with Gasteiger partial charge in [0.2, 0.25) is 17.8 Å². The minimum Gasteiger partial charge on any atom is -0.347 e. The lowest BCUT2D eigenvalue weighted by Crippen LogP contribution is -2.15. The van der Waals surface area contributed by atoms with Crippen LogP contribution in [-0.2, 0) is 4.79 Å². The van der Waals surface area contributed by atoms with Crippen molar-refractivity contribution in [2.45, 2.75) is 26.3 Å². The molecule has 1 aromatic heterocycles. The molecular weight excluding hydrogens is 290 g/mol. The Labute approximate surface area is 128 Å². The molecule has 1 amide bonds. The topological polar surface area (TPSA) is 79.8 Å². The van der Waals surface area contributed by atoms with E-state index < -0.39 is 0 Å². The third-order valence-corrected chi connectivity index (χ3v) is 3.10. The fourth-order valence-electron chi connectivity index (χ4n) is 1.86. The summed E-state index contributed by atoms with van der Waals surface area (Å²) >= 11 is 5.90. The van der Waals surface area contributed by atoms with Crippen molar-refractivity contribution in [2.75, 3.05) is 10.6 Å². The van der Waals surface area contributed by atoms with E-state index in [1.165, 1.54) is 13.3 Å². The SMILES string of the molecule is CCC(Nc1ncnc(NC(C)=O)n1)c1ccc(Cl)cc1. The number of carbonyl (C=O) groups is 1. The molecule has 2 N–H and O–H groups in total. The normalized spacial score (nSPS) is 11.8. The molecule has 0 saturated heterocycles. The Morgan fingerprint density at radius 2 is 1.90 bits per heavy atom. The van der Waals surface area contributed by atoms with Gasteiger partial charge in [-0.25, -0.2) is 9.97 Å². The number of hydrogen-bond donors (Lipinski definition) is 2. The summed E-state index contributed by atoms with van der Waals surface area (Å²) in [5.74, 6) is 0.415. The number of nitrogens with one attached hydrogen (secondary N) is 2. The Morgan fingerprint density at radius 3 is 2.52 bits per heavy atom. The van der Waals surface area contributed by atoms with Gasteiger partial charge < -0.3 is 5.32 Å². The summed E-state index contributed by atoms with van der Waals surface area (Å²) in [6, 6.07) is 7.66. The fraction of sp³-hybridized carbons (Fsp3) is 0.286. The molecule has 0 spiro atoms. The maximum atomic E-state index is 11.0. The maximum absolute atomic E-state index is 11.0. The first-order valence-electron chi connectivity index (χ1n) is 6.57. The molecule has 0 bridgehead atoms. The number of benzene rings is 1. The average molecular weight is 306 g/mol. The van der Waals surface area contributed by atoms with Crippen LogP contribution in [0.15, 0.2) is 30.6 Å². The molecule has 0 aliphatic rings. The van der Waals surface area contributed by atoms with E-state index in [4.69, 9.17) is 11.6 Å². The molecule has 0 radical (unpaired) electrons. The second-order valence-corrected chi connectivity index (χ2v) is 4.91. The van der Waals surface area contributed by atoms with E-state index in [0.717, 1.165) is 12.0 Å². The largest absolute Gasteiger partial charge is 0.347 e. The first-order valence-corrected chi connectivity index (χ1v) is 6.95. The average Bonchev–Trinajstić information content (AvgIpc) is 2.45. The monoisotopic (exact) mass is 305 g/mol. The van der Waals surface area contributed by atoms with Gasteiger partial charge in [-0.2, -0.15) is 4.98 Å². The molecule has 0 saturated carbocycles. The van der Waals surface area contributed by atoms with E-state index in [1.54, 1.807) is 0 Å². The highest BCUT2D eigenvalue weighted by Gasteiger charge is 2.11. The Hall–Kier alpha value is -2.21. The van der Waals surface area contributed by atoms with Crippen molar-refractivity contribution < 1.29 is 4.79 Å². The summed E-state index contributed by atoms with van der Waals surface area (Å²) in [6.07, 6.45) is 2.21. The molecule has 0 aliphatic carbocycles. The van der Waals surface area contributed by atoms with Gasteiger partial charge in [-0.3, -0.25) is 10.1 Å². The van der Waals surface area contributed by atoms with Crippen molar-refractivity contribution in [3.8, 4) is 0 Å². The summed E-state index contributed by atoms with van der Waals surface area (Å²) in [6.45, 7) is 3.46. The lowest BCUT2D eigenvalue weighted by atomic mass is 10.1. The lowest BCUT2D eigenvalue weighted by molar-refractivity contribution is -0.114. The Balaban J connectivity index is 2.14. The lowest BCUT2D eigenvalue weighted by Gasteiger charge is -2.17. The second kappa shape index (κ2) is 6.99. The summed E-state index contributed by atoms with van der Waals surface area (Å²) in [5.41, 5.74) is 1.09. The van der Waals surface area contributed by atoms with E-state index in [0.29, 0.717) is 11.0 Å². The van der Waals surface area contributed by atoms with Crippen LogP contribution in [0, 0.1) is 0 Å². The predicted molar refractivity (Wildman–Crippen MR) is 82.2 cm³/mol. The molecule has 0 fully saturated rings. The number of rotatable bonds is 5. The third-order valence-electron chi connectivity index (χ3n) is 2.84. The van der Waals surface area contributed by atoms with E-state index in [2.05, 4.69) is 32.5 Å². The number of halogens is 1. The highest BCUT2D eigenvalue weighted by molar-refractivity contribution is 6.30. The zero-order valence-corrected chi connectivity index (χ0v) is 12.6. The highest BCUT2D eigenvalue weighted by atomic mass is 35.5. The number of anilines is 2. The summed E-state index contributed by atoms with van der Waals surface area (Å²) in [7, 11) is 0. The van der Waals surface area contributed by atoms with Crippen molar-refractivity contribution in [3.05, 3.63) is 41.2 Å². The van der Waals surface area contributed by atoms with Crippen LogP contribution >= 0.6 is 11.6 Å².